The number of piperidine rings is 1. The zero-order valence-electron chi connectivity index (χ0n) is 16.6. The third-order valence-corrected chi connectivity index (χ3v) is 4.89. The highest BCUT2D eigenvalue weighted by molar-refractivity contribution is 6.42. The van der Waals surface area contributed by atoms with Gasteiger partial charge < -0.3 is 20.3 Å². The molecule has 7 nitrogen and oxygen atoms in total. The molecule has 2 amide bonds. The van der Waals surface area contributed by atoms with Gasteiger partial charge in [-0.1, -0.05) is 23.2 Å². The minimum atomic E-state index is -0.551. The molecule has 0 bridgehead atoms. The molecular formula is C20H24Cl2N4O3. The van der Waals surface area contributed by atoms with Gasteiger partial charge in [0.15, 0.2) is 0 Å². The fourth-order valence-electron chi connectivity index (χ4n) is 2.68. The fraction of sp³-hybridized carbons (Fsp3) is 0.450. The van der Waals surface area contributed by atoms with Gasteiger partial charge >= 0.3 is 6.09 Å². The number of hydrogen-bond donors (Lipinski definition) is 2. The average molecular weight is 439 g/mol. The molecule has 2 rings (SSSR count). The topological polar surface area (TPSA) is 94.5 Å². The smallest absolute Gasteiger partial charge is 0.410 e. The number of benzene rings is 1. The Morgan fingerprint density at radius 1 is 1.24 bits per heavy atom. The number of likely N-dealkylation sites (tertiary alicyclic amines) is 1. The number of ether oxygens (including phenoxy) is 1. The van der Waals surface area contributed by atoms with Crippen LogP contribution >= 0.6 is 23.2 Å². The first kappa shape index (κ1) is 22.9. The molecule has 1 aromatic rings. The lowest BCUT2D eigenvalue weighted by Crippen LogP contribution is -2.45. The number of amides is 2. The minimum Gasteiger partial charge on any atom is -0.444 e. The first-order valence-electron chi connectivity index (χ1n) is 9.19. The lowest BCUT2D eigenvalue weighted by atomic mass is 10.1. The zero-order chi connectivity index (χ0) is 21.6. The van der Waals surface area contributed by atoms with Crippen molar-refractivity contribution in [1.82, 2.24) is 10.2 Å². The van der Waals surface area contributed by atoms with E-state index in [1.165, 1.54) is 12.3 Å². The third kappa shape index (κ3) is 7.15. The van der Waals surface area contributed by atoms with Crippen molar-refractivity contribution in [1.29, 1.82) is 5.26 Å². The summed E-state index contributed by atoms with van der Waals surface area (Å²) in [5.41, 5.74) is -0.153. The van der Waals surface area contributed by atoms with Crippen molar-refractivity contribution in [2.45, 2.75) is 45.3 Å². The van der Waals surface area contributed by atoms with Crippen LogP contribution in [0.4, 0.5) is 10.5 Å². The van der Waals surface area contributed by atoms with E-state index in [9.17, 15) is 14.9 Å². The molecule has 0 spiro atoms. The monoisotopic (exact) mass is 438 g/mol. The van der Waals surface area contributed by atoms with Crippen LogP contribution in [0.2, 0.25) is 10.0 Å². The van der Waals surface area contributed by atoms with Crippen LogP contribution in [-0.4, -0.2) is 41.6 Å². The molecule has 9 heteroatoms. The Balaban J connectivity index is 1.88. The average Bonchev–Trinajstić information content (AvgIpc) is 2.64. The van der Waals surface area contributed by atoms with Gasteiger partial charge in [-0.05, 0) is 51.8 Å². The highest BCUT2D eigenvalue weighted by Crippen LogP contribution is 2.25. The Kier molecular flexibility index (Phi) is 7.77. The van der Waals surface area contributed by atoms with Crippen molar-refractivity contribution in [2.24, 2.45) is 0 Å². The molecule has 156 valence electrons. The summed E-state index contributed by atoms with van der Waals surface area (Å²) in [6.07, 6.45) is 2.44. The molecule has 0 atom stereocenters. The maximum Gasteiger partial charge on any atom is 0.410 e. The predicted molar refractivity (Wildman–Crippen MR) is 113 cm³/mol. The van der Waals surface area contributed by atoms with Gasteiger partial charge in [0.05, 0.1) is 10.0 Å². The zero-order valence-corrected chi connectivity index (χ0v) is 18.1. The Morgan fingerprint density at radius 3 is 2.45 bits per heavy atom. The van der Waals surface area contributed by atoms with Crippen LogP contribution in [0.1, 0.15) is 33.6 Å². The van der Waals surface area contributed by atoms with Crippen LogP contribution in [0, 0.1) is 11.3 Å². The first-order chi connectivity index (χ1) is 13.6. The molecular weight excluding hydrogens is 415 g/mol. The quantitative estimate of drug-likeness (QED) is 0.538. The largest absolute Gasteiger partial charge is 0.444 e. The number of halogens is 2. The normalized spacial score (nSPS) is 15.4. The van der Waals surface area contributed by atoms with E-state index in [4.69, 9.17) is 27.9 Å². The van der Waals surface area contributed by atoms with E-state index in [0.29, 0.717) is 41.7 Å². The van der Waals surface area contributed by atoms with E-state index in [1.807, 2.05) is 26.8 Å². The van der Waals surface area contributed by atoms with Crippen molar-refractivity contribution in [3.8, 4) is 6.07 Å². The Bertz CT molecular complexity index is 835. The maximum absolute atomic E-state index is 12.3. The molecule has 1 heterocycles. The number of nitrogens with zero attached hydrogens (tertiary/aromatic N) is 2. The number of carbonyl (C=O) groups is 2. The van der Waals surface area contributed by atoms with Crippen LogP contribution in [-0.2, 0) is 9.53 Å². The van der Waals surface area contributed by atoms with Gasteiger partial charge in [-0.2, -0.15) is 5.26 Å². The Labute approximate surface area is 180 Å². The van der Waals surface area contributed by atoms with Crippen LogP contribution in [0.3, 0.4) is 0 Å². The number of carbonyl (C=O) groups excluding carboxylic acids is 2. The molecule has 0 saturated carbocycles. The molecule has 1 aromatic carbocycles. The van der Waals surface area contributed by atoms with Gasteiger partial charge in [-0.15, -0.1) is 0 Å². The molecule has 1 fully saturated rings. The summed E-state index contributed by atoms with van der Waals surface area (Å²) in [5.74, 6) is -0.551. The lowest BCUT2D eigenvalue weighted by Gasteiger charge is -2.33. The van der Waals surface area contributed by atoms with Crippen molar-refractivity contribution in [2.75, 3.05) is 18.4 Å². The van der Waals surface area contributed by atoms with Crippen molar-refractivity contribution < 1.29 is 14.3 Å². The summed E-state index contributed by atoms with van der Waals surface area (Å²) < 4.78 is 5.37. The molecule has 29 heavy (non-hydrogen) atoms. The SMILES string of the molecule is CC(C)(C)OC(=O)N1CCC(N/C=C(/C#N)C(=O)Nc2ccc(Cl)c(Cl)c2)CC1. The van der Waals surface area contributed by atoms with E-state index in [0.717, 1.165) is 0 Å². The molecule has 0 radical (unpaired) electrons. The third-order valence-electron chi connectivity index (χ3n) is 4.15. The van der Waals surface area contributed by atoms with E-state index in [2.05, 4.69) is 10.6 Å². The highest BCUT2D eigenvalue weighted by Gasteiger charge is 2.26. The standard InChI is InChI=1S/C20H24Cl2N4O3/c1-20(2,3)29-19(28)26-8-6-14(7-9-26)24-12-13(11-23)18(27)25-15-4-5-16(21)17(22)10-15/h4-5,10,12,14,24H,6-9H2,1-3H3,(H,25,27)/b13-12-. The number of nitrogens with one attached hydrogen (secondary N) is 2. The summed E-state index contributed by atoms with van der Waals surface area (Å²) >= 11 is 11.8. The van der Waals surface area contributed by atoms with Gasteiger partial charge in [0.25, 0.3) is 5.91 Å². The Hall–Kier alpha value is -2.43. The first-order valence-corrected chi connectivity index (χ1v) is 9.95. The maximum atomic E-state index is 12.3. The van der Waals surface area contributed by atoms with E-state index >= 15 is 0 Å². The van der Waals surface area contributed by atoms with Gasteiger partial charge in [-0.3, -0.25) is 4.79 Å². The highest BCUT2D eigenvalue weighted by atomic mass is 35.5. The number of rotatable bonds is 4. The number of anilines is 1. The second-order valence-electron chi connectivity index (χ2n) is 7.66. The second-order valence-corrected chi connectivity index (χ2v) is 8.48. The van der Waals surface area contributed by atoms with Gasteiger partial charge in [0, 0.05) is 31.0 Å². The predicted octanol–water partition coefficient (Wildman–Crippen LogP) is 4.33. The van der Waals surface area contributed by atoms with E-state index < -0.39 is 11.5 Å². The van der Waals surface area contributed by atoms with Gasteiger partial charge in [-0.25, -0.2) is 4.79 Å². The second kappa shape index (κ2) is 9.86. The summed E-state index contributed by atoms with van der Waals surface area (Å²) in [7, 11) is 0. The van der Waals surface area contributed by atoms with Crippen molar-refractivity contribution in [3.63, 3.8) is 0 Å². The van der Waals surface area contributed by atoms with Gasteiger partial charge in [0.2, 0.25) is 0 Å². The van der Waals surface area contributed by atoms with E-state index in [1.54, 1.807) is 17.0 Å². The van der Waals surface area contributed by atoms with Crippen LogP contribution in [0.15, 0.2) is 30.0 Å². The van der Waals surface area contributed by atoms with Crippen LogP contribution < -0.4 is 10.6 Å². The molecule has 1 aliphatic heterocycles. The number of nitriles is 1. The van der Waals surface area contributed by atoms with E-state index in [-0.39, 0.29) is 17.7 Å². The van der Waals surface area contributed by atoms with Crippen molar-refractivity contribution in [3.05, 3.63) is 40.0 Å². The molecule has 1 aliphatic rings. The molecule has 0 aliphatic carbocycles. The van der Waals surface area contributed by atoms with Gasteiger partial charge in [0.1, 0.15) is 17.2 Å². The molecule has 0 unspecified atom stereocenters. The number of hydrogen-bond acceptors (Lipinski definition) is 5. The van der Waals surface area contributed by atoms with Crippen molar-refractivity contribution >= 4 is 40.9 Å². The lowest BCUT2D eigenvalue weighted by molar-refractivity contribution is -0.112. The summed E-state index contributed by atoms with van der Waals surface area (Å²) in [5, 5.41) is 15.7. The van der Waals surface area contributed by atoms with Crippen LogP contribution in [0.5, 0.6) is 0 Å². The molecule has 1 saturated heterocycles. The summed E-state index contributed by atoms with van der Waals surface area (Å²) in [6, 6.07) is 6.60. The Morgan fingerprint density at radius 2 is 1.90 bits per heavy atom. The summed E-state index contributed by atoms with van der Waals surface area (Å²) in [6.45, 7) is 6.57. The van der Waals surface area contributed by atoms with Crippen LogP contribution in [0.25, 0.3) is 0 Å². The molecule has 0 aromatic heterocycles. The minimum absolute atomic E-state index is 0.0508. The fourth-order valence-corrected chi connectivity index (χ4v) is 2.98. The summed E-state index contributed by atoms with van der Waals surface area (Å²) in [4.78, 5) is 26.1. The molecule has 2 N–H and O–H groups in total.